The quantitative estimate of drug-likeness (QED) is 0.860. The minimum absolute atomic E-state index is 0.152. The van der Waals surface area contributed by atoms with Crippen molar-refractivity contribution < 1.29 is 23.1 Å². The Morgan fingerprint density at radius 2 is 1.77 bits per heavy atom. The van der Waals surface area contributed by atoms with Crippen LogP contribution in [0.15, 0.2) is 48.5 Å². The summed E-state index contributed by atoms with van der Waals surface area (Å²) in [7, 11) is 0. The summed E-state index contributed by atoms with van der Waals surface area (Å²) >= 11 is 0. The van der Waals surface area contributed by atoms with E-state index in [0.29, 0.717) is 11.1 Å². The average molecular weight is 309 g/mol. The topological polar surface area (TPSA) is 40.5 Å². The molecule has 0 atom stereocenters. The van der Waals surface area contributed by atoms with Crippen LogP contribution < -0.4 is 4.90 Å². The highest BCUT2D eigenvalue weighted by atomic mass is 19.4. The van der Waals surface area contributed by atoms with E-state index in [2.05, 4.69) is 0 Å². The number of aryl methyl sites for hydroxylation is 1. The van der Waals surface area contributed by atoms with Crippen molar-refractivity contribution in [1.29, 1.82) is 0 Å². The normalized spacial score (nSPS) is 11.3. The van der Waals surface area contributed by atoms with Crippen LogP contribution in [0.3, 0.4) is 0 Å². The van der Waals surface area contributed by atoms with E-state index < -0.39 is 18.8 Å². The van der Waals surface area contributed by atoms with Crippen LogP contribution in [0.2, 0.25) is 0 Å². The van der Waals surface area contributed by atoms with Crippen LogP contribution in [0, 0.1) is 6.92 Å². The van der Waals surface area contributed by atoms with Gasteiger partial charge in [-0.3, -0.25) is 4.90 Å². The van der Waals surface area contributed by atoms with E-state index >= 15 is 0 Å². The molecule has 2 rings (SSSR count). The molecule has 0 aliphatic carbocycles. The number of aromatic carboxylic acids is 1. The van der Waals surface area contributed by atoms with Crippen molar-refractivity contribution in [2.45, 2.75) is 19.8 Å². The Kier molecular flexibility index (Phi) is 4.40. The zero-order valence-electron chi connectivity index (χ0n) is 11.8. The number of hydrogen-bond donors (Lipinski definition) is 1. The number of carboxylic acids is 1. The molecule has 6 heteroatoms. The van der Waals surface area contributed by atoms with E-state index in [1.807, 2.05) is 0 Å². The van der Waals surface area contributed by atoms with Crippen LogP contribution in [0.1, 0.15) is 21.5 Å². The SMILES string of the molecule is Cc1ccc(C(=O)O)c(N(Cc2ccccc2)C(F)(F)F)c1. The van der Waals surface area contributed by atoms with Gasteiger partial charge in [0.25, 0.3) is 0 Å². The first-order chi connectivity index (χ1) is 10.3. The molecule has 0 heterocycles. The first-order valence-electron chi connectivity index (χ1n) is 6.51. The Bertz CT molecular complexity index is 669. The molecule has 2 aromatic rings. The number of alkyl halides is 3. The zero-order chi connectivity index (χ0) is 16.3. The maximum absolute atomic E-state index is 13.4. The number of halogens is 3. The van der Waals surface area contributed by atoms with Gasteiger partial charge in [-0.05, 0) is 30.2 Å². The molecule has 0 spiro atoms. The molecule has 0 amide bonds. The molecule has 0 aromatic heterocycles. The van der Waals surface area contributed by atoms with Gasteiger partial charge in [0.1, 0.15) is 0 Å². The van der Waals surface area contributed by atoms with Crippen molar-refractivity contribution in [3.63, 3.8) is 0 Å². The highest BCUT2D eigenvalue weighted by molar-refractivity contribution is 5.94. The monoisotopic (exact) mass is 309 g/mol. The van der Waals surface area contributed by atoms with Crippen molar-refractivity contribution >= 4 is 11.7 Å². The van der Waals surface area contributed by atoms with E-state index in [1.165, 1.54) is 18.2 Å². The molecule has 3 nitrogen and oxygen atoms in total. The maximum atomic E-state index is 13.4. The number of rotatable bonds is 4. The smallest absolute Gasteiger partial charge is 0.478 e. The van der Waals surface area contributed by atoms with Crippen molar-refractivity contribution in [2.24, 2.45) is 0 Å². The third-order valence-electron chi connectivity index (χ3n) is 3.16. The van der Waals surface area contributed by atoms with Gasteiger partial charge in [-0.15, -0.1) is 0 Å². The summed E-state index contributed by atoms with van der Waals surface area (Å²) in [6, 6.07) is 12.0. The van der Waals surface area contributed by atoms with Crippen LogP contribution in [0.4, 0.5) is 18.9 Å². The highest BCUT2D eigenvalue weighted by Crippen LogP contribution is 2.33. The number of carbonyl (C=O) groups is 1. The molecule has 0 radical (unpaired) electrons. The summed E-state index contributed by atoms with van der Waals surface area (Å²) in [5.74, 6) is -1.39. The molecule has 1 N–H and O–H groups in total. The van der Waals surface area contributed by atoms with Crippen LogP contribution in [-0.4, -0.2) is 17.4 Å². The summed E-state index contributed by atoms with van der Waals surface area (Å²) in [6.45, 7) is 1.17. The van der Waals surface area contributed by atoms with Crippen LogP contribution in [0.5, 0.6) is 0 Å². The lowest BCUT2D eigenvalue weighted by atomic mass is 10.1. The summed E-state index contributed by atoms with van der Waals surface area (Å²) in [6.07, 6.45) is -4.69. The van der Waals surface area contributed by atoms with Crippen molar-refractivity contribution in [1.82, 2.24) is 0 Å². The van der Waals surface area contributed by atoms with Crippen molar-refractivity contribution in [2.75, 3.05) is 4.90 Å². The van der Waals surface area contributed by atoms with Gasteiger partial charge in [0.2, 0.25) is 0 Å². The first kappa shape index (κ1) is 15.9. The highest BCUT2D eigenvalue weighted by Gasteiger charge is 2.39. The van der Waals surface area contributed by atoms with Gasteiger partial charge in [-0.1, -0.05) is 36.4 Å². The summed E-state index contributed by atoms with van der Waals surface area (Å²) in [4.78, 5) is 11.4. The molecule has 116 valence electrons. The van der Waals surface area contributed by atoms with Crippen molar-refractivity contribution in [3.8, 4) is 0 Å². The Hall–Kier alpha value is -2.50. The standard InChI is InChI=1S/C16H14F3NO2/c1-11-7-8-13(15(21)22)14(9-11)20(16(17,18)19)10-12-5-3-2-4-6-12/h2-9H,10H2,1H3,(H,21,22). The summed E-state index contributed by atoms with van der Waals surface area (Å²) in [5, 5.41) is 9.14. The van der Waals surface area contributed by atoms with Crippen molar-refractivity contribution in [3.05, 3.63) is 65.2 Å². The lowest BCUT2D eigenvalue weighted by Gasteiger charge is -2.28. The molecule has 0 fully saturated rings. The molecular formula is C16H14F3NO2. The van der Waals surface area contributed by atoms with E-state index in [-0.39, 0.29) is 16.2 Å². The molecule has 2 aromatic carbocycles. The number of anilines is 1. The third-order valence-corrected chi connectivity index (χ3v) is 3.16. The van der Waals surface area contributed by atoms with E-state index in [0.717, 1.165) is 0 Å². The molecule has 0 saturated heterocycles. The Morgan fingerprint density at radius 1 is 1.14 bits per heavy atom. The second-order valence-corrected chi connectivity index (χ2v) is 4.87. The fourth-order valence-corrected chi connectivity index (χ4v) is 2.12. The number of nitrogens with zero attached hydrogens (tertiary/aromatic N) is 1. The predicted octanol–water partition coefficient (Wildman–Crippen LogP) is 4.22. The maximum Gasteiger partial charge on any atom is 0.485 e. The molecule has 0 bridgehead atoms. The number of benzene rings is 2. The van der Waals surface area contributed by atoms with Crippen LogP contribution in [0.25, 0.3) is 0 Å². The number of hydrogen-bond acceptors (Lipinski definition) is 2. The van der Waals surface area contributed by atoms with Gasteiger partial charge in [-0.25, -0.2) is 4.79 Å². The minimum atomic E-state index is -4.69. The average Bonchev–Trinajstić information content (AvgIpc) is 2.44. The van der Waals surface area contributed by atoms with E-state index in [9.17, 15) is 18.0 Å². The minimum Gasteiger partial charge on any atom is -0.478 e. The second-order valence-electron chi connectivity index (χ2n) is 4.87. The van der Waals surface area contributed by atoms with Gasteiger partial charge in [-0.2, -0.15) is 13.2 Å². The molecular weight excluding hydrogens is 295 g/mol. The Morgan fingerprint density at radius 3 is 2.32 bits per heavy atom. The molecule has 0 saturated carbocycles. The lowest BCUT2D eigenvalue weighted by Crippen LogP contribution is -2.38. The summed E-state index contributed by atoms with van der Waals surface area (Å²) < 4.78 is 40.2. The van der Waals surface area contributed by atoms with Crippen LogP contribution in [-0.2, 0) is 6.54 Å². The van der Waals surface area contributed by atoms with E-state index in [4.69, 9.17) is 5.11 Å². The van der Waals surface area contributed by atoms with E-state index in [1.54, 1.807) is 37.3 Å². The zero-order valence-corrected chi connectivity index (χ0v) is 11.8. The third kappa shape index (κ3) is 3.58. The van der Waals surface area contributed by atoms with Gasteiger partial charge in [0.15, 0.2) is 0 Å². The molecule has 22 heavy (non-hydrogen) atoms. The van der Waals surface area contributed by atoms with Gasteiger partial charge >= 0.3 is 12.3 Å². The lowest BCUT2D eigenvalue weighted by molar-refractivity contribution is -0.130. The largest absolute Gasteiger partial charge is 0.485 e. The fourth-order valence-electron chi connectivity index (χ4n) is 2.12. The molecule has 0 aliphatic rings. The van der Waals surface area contributed by atoms with Gasteiger partial charge in [0.05, 0.1) is 17.8 Å². The number of carboxylic acid groups (broad SMARTS) is 1. The predicted molar refractivity (Wildman–Crippen MR) is 76.8 cm³/mol. The Balaban J connectivity index is 2.51. The Labute approximate surface area is 125 Å². The first-order valence-corrected chi connectivity index (χ1v) is 6.51. The second kappa shape index (κ2) is 6.09. The van der Waals surface area contributed by atoms with Gasteiger partial charge in [0, 0.05) is 0 Å². The summed E-state index contributed by atoms with van der Waals surface area (Å²) in [5.41, 5.74) is 0.266. The van der Waals surface area contributed by atoms with Gasteiger partial charge < -0.3 is 5.11 Å². The molecule has 0 aliphatic heterocycles. The molecule has 0 unspecified atom stereocenters. The van der Waals surface area contributed by atoms with Crippen LogP contribution >= 0.6 is 0 Å². The fraction of sp³-hybridized carbons (Fsp3) is 0.188.